The van der Waals surface area contributed by atoms with E-state index in [2.05, 4.69) is 15.5 Å². The fraction of sp³-hybridized carbons (Fsp3) is 0.600. The van der Waals surface area contributed by atoms with Crippen molar-refractivity contribution < 1.29 is 14.3 Å². The molecule has 3 rings (SSSR count). The third-order valence-electron chi connectivity index (χ3n) is 5.52. The largest absolute Gasteiger partial charge is 0.468 e. The van der Waals surface area contributed by atoms with Crippen LogP contribution in [0.4, 0.5) is 10.5 Å². The smallest absolute Gasteiger partial charge is 0.325 e. The topological polar surface area (TPSA) is 77.2 Å². The number of nitrogens with zero attached hydrogens (tertiary/aromatic N) is 3. The van der Waals surface area contributed by atoms with Crippen LogP contribution < -0.4 is 15.5 Å². The first-order valence-corrected chi connectivity index (χ1v) is 10.0. The Bertz CT molecular complexity index is 639. The minimum Gasteiger partial charge on any atom is -0.468 e. The molecule has 0 spiro atoms. The van der Waals surface area contributed by atoms with Gasteiger partial charge in [0.15, 0.2) is 0 Å². The molecular weight excluding hydrogens is 429 g/mol. The number of hydrogen-bond acceptors (Lipinski definition) is 6. The maximum atomic E-state index is 12.6. The summed E-state index contributed by atoms with van der Waals surface area (Å²) >= 11 is 0. The van der Waals surface area contributed by atoms with Crippen molar-refractivity contribution in [3.63, 3.8) is 0 Å². The van der Waals surface area contributed by atoms with Crippen molar-refractivity contribution in [2.75, 3.05) is 64.5 Å². The fourth-order valence-electron chi connectivity index (χ4n) is 3.83. The summed E-state index contributed by atoms with van der Waals surface area (Å²) in [5, 5.41) is 6.35. The molecule has 0 aromatic heterocycles. The lowest BCUT2D eigenvalue weighted by Gasteiger charge is -2.41. The second-order valence-electron chi connectivity index (χ2n) is 7.25. The average Bonchev–Trinajstić information content (AvgIpc) is 2.77. The van der Waals surface area contributed by atoms with Crippen molar-refractivity contribution in [1.29, 1.82) is 0 Å². The Labute approximate surface area is 191 Å². The van der Waals surface area contributed by atoms with E-state index in [0.717, 1.165) is 45.0 Å². The molecule has 0 radical (unpaired) electrons. The van der Waals surface area contributed by atoms with Gasteiger partial charge in [-0.2, -0.15) is 0 Å². The molecule has 0 aliphatic carbocycles. The average molecular weight is 462 g/mol. The fourth-order valence-corrected chi connectivity index (χ4v) is 3.83. The number of methoxy groups -OCH3 is 1. The lowest BCUT2D eigenvalue weighted by Crippen LogP contribution is -2.56. The van der Waals surface area contributed by atoms with Gasteiger partial charge >= 0.3 is 12.0 Å². The Balaban J connectivity index is 0.00000225. The number of amides is 2. The highest BCUT2D eigenvalue weighted by Gasteiger charge is 2.27. The van der Waals surface area contributed by atoms with Crippen molar-refractivity contribution in [1.82, 2.24) is 20.4 Å². The molecule has 1 aromatic rings. The molecule has 0 atom stereocenters. The first-order valence-electron chi connectivity index (χ1n) is 10.0. The van der Waals surface area contributed by atoms with Gasteiger partial charge in [0.25, 0.3) is 0 Å². The summed E-state index contributed by atoms with van der Waals surface area (Å²) in [6.07, 6.45) is 2.37. The SMILES string of the molecule is COC(=O)CN(CNC(=O)N1CCN(C2CCNCC2)CC1)c1ccccc1.Cl.Cl. The summed E-state index contributed by atoms with van der Waals surface area (Å²) in [6.45, 7) is 5.82. The first-order chi connectivity index (χ1) is 13.7. The minimum absolute atomic E-state index is 0. The van der Waals surface area contributed by atoms with E-state index in [9.17, 15) is 9.59 Å². The number of carbonyl (C=O) groups excluding carboxylic acids is 2. The summed E-state index contributed by atoms with van der Waals surface area (Å²) in [5.41, 5.74) is 0.865. The number of rotatable bonds is 6. The molecule has 0 saturated carbocycles. The number of ether oxygens (including phenoxy) is 1. The summed E-state index contributed by atoms with van der Waals surface area (Å²) in [6, 6.07) is 10.1. The molecule has 8 nitrogen and oxygen atoms in total. The van der Waals surface area contributed by atoms with Crippen LogP contribution in [0.3, 0.4) is 0 Å². The van der Waals surface area contributed by atoms with Crippen LogP contribution in [0.2, 0.25) is 0 Å². The quantitative estimate of drug-likeness (QED) is 0.494. The number of piperazine rings is 1. The molecule has 0 unspecified atom stereocenters. The number of carbonyl (C=O) groups is 2. The van der Waals surface area contributed by atoms with Gasteiger partial charge in [-0.1, -0.05) is 18.2 Å². The predicted octanol–water partition coefficient (Wildman–Crippen LogP) is 1.55. The lowest BCUT2D eigenvalue weighted by molar-refractivity contribution is -0.138. The molecule has 10 heteroatoms. The molecule has 2 N–H and O–H groups in total. The normalized spacial score (nSPS) is 17.3. The highest BCUT2D eigenvalue weighted by atomic mass is 35.5. The van der Waals surface area contributed by atoms with Gasteiger partial charge in [-0.15, -0.1) is 24.8 Å². The van der Waals surface area contributed by atoms with Gasteiger partial charge in [-0.25, -0.2) is 4.79 Å². The van der Waals surface area contributed by atoms with Gasteiger partial charge in [0.1, 0.15) is 6.54 Å². The van der Waals surface area contributed by atoms with Crippen LogP contribution >= 0.6 is 24.8 Å². The Morgan fingerprint density at radius 3 is 2.33 bits per heavy atom. The van der Waals surface area contributed by atoms with E-state index in [-0.39, 0.29) is 50.0 Å². The van der Waals surface area contributed by atoms with E-state index in [0.29, 0.717) is 6.04 Å². The van der Waals surface area contributed by atoms with Crippen LogP contribution in [-0.2, 0) is 9.53 Å². The zero-order chi connectivity index (χ0) is 19.8. The van der Waals surface area contributed by atoms with Crippen LogP contribution in [0, 0.1) is 0 Å². The van der Waals surface area contributed by atoms with Crippen molar-refractivity contribution in [2.45, 2.75) is 18.9 Å². The van der Waals surface area contributed by atoms with Crippen molar-refractivity contribution in [3.8, 4) is 0 Å². The molecule has 1 aromatic carbocycles. The first kappa shape index (κ1) is 26.3. The molecule has 0 bridgehead atoms. The second-order valence-corrected chi connectivity index (χ2v) is 7.25. The minimum atomic E-state index is -0.339. The van der Waals surface area contributed by atoms with Gasteiger partial charge in [0.2, 0.25) is 0 Å². The highest BCUT2D eigenvalue weighted by Crippen LogP contribution is 2.15. The zero-order valence-electron chi connectivity index (χ0n) is 17.4. The Morgan fingerprint density at radius 1 is 1.10 bits per heavy atom. The molecular formula is C20H33Cl2N5O3. The predicted molar refractivity (Wildman–Crippen MR) is 123 cm³/mol. The van der Waals surface area contributed by atoms with Gasteiger partial charge in [-0.05, 0) is 38.1 Å². The number of nitrogens with one attached hydrogen (secondary N) is 2. The molecule has 170 valence electrons. The molecule has 2 amide bonds. The number of anilines is 1. The Kier molecular flexibility index (Phi) is 11.9. The van der Waals surface area contributed by atoms with Gasteiger partial charge in [0, 0.05) is 37.9 Å². The number of urea groups is 1. The van der Waals surface area contributed by atoms with Crippen molar-refractivity contribution >= 4 is 42.5 Å². The third-order valence-corrected chi connectivity index (χ3v) is 5.52. The summed E-state index contributed by atoms with van der Waals surface area (Å²) in [4.78, 5) is 30.5. The molecule has 2 heterocycles. The maximum absolute atomic E-state index is 12.6. The number of benzene rings is 1. The van der Waals surface area contributed by atoms with Gasteiger partial charge in [0.05, 0.1) is 13.8 Å². The van der Waals surface area contributed by atoms with E-state index in [1.165, 1.54) is 20.0 Å². The second kappa shape index (κ2) is 13.5. The van der Waals surface area contributed by atoms with Crippen molar-refractivity contribution in [2.24, 2.45) is 0 Å². The monoisotopic (exact) mass is 461 g/mol. The lowest BCUT2D eigenvalue weighted by atomic mass is 10.0. The number of piperidine rings is 1. The number of halogens is 2. The molecule has 30 heavy (non-hydrogen) atoms. The standard InChI is InChI=1S/C20H31N5O3.2ClH/c1-28-19(26)15-25(17-5-3-2-4-6-17)16-22-20(27)24-13-11-23(12-14-24)18-7-9-21-10-8-18;;/h2-6,18,21H,7-16H2,1H3,(H,22,27);2*1H. The highest BCUT2D eigenvalue weighted by molar-refractivity contribution is 5.85. The molecule has 2 fully saturated rings. The number of para-hydroxylation sites is 1. The number of esters is 1. The Hall–Kier alpha value is -1.74. The van der Waals surface area contributed by atoms with E-state index >= 15 is 0 Å². The van der Waals surface area contributed by atoms with Crippen LogP contribution in [-0.4, -0.2) is 87.4 Å². The molecule has 2 aliphatic rings. The molecule has 2 saturated heterocycles. The van der Waals surface area contributed by atoms with E-state index < -0.39 is 0 Å². The number of hydrogen-bond donors (Lipinski definition) is 2. The zero-order valence-corrected chi connectivity index (χ0v) is 19.1. The Morgan fingerprint density at radius 2 is 1.73 bits per heavy atom. The summed E-state index contributed by atoms with van der Waals surface area (Å²) < 4.78 is 4.78. The van der Waals surface area contributed by atoms with Crippen LogP contribution in [0.1, 0.15) is 12.8 Å². The van der Waals surface area contributed by atoms with Crippen LogP contribution in [0.25, 0.3) is 0 Å². The van der Waals surface area contributed by atoms with E-state index in [1.807, 2.05) is 35.2 Å². The summed E-state index contributed by atoms with van der Waals surface area (Å²) in [5.74, 6) is -0.339. The van der Waals surface area contributed by atoms with Gasteiger partial charge < -0.3 is 25.2 Å². The van der Waals surface area contributed by atoms with Crippen LogP contribution in [0.15, 0.2) is 30.3 Å². The van der Waals surface area contributed by atoms with E-state index in [4.69, 9.17) is 4.74 Å². The third kappa shape index (κ3) is 7.50. The molecule has 2 aliphatic heterocycles. The maximum Gasteiger partial charge on any atom is 0.325 e. The van der Waals surface area contributed by atoms with Crippen LogP contribution in [0.5, 0.6) is 0 Å². The van der Waals surface area contributed by atoms with Gasteiger partial charge in [-0.3, -0.25) is 9.69 Å². The van der Waals surface area contributed by atoms with E-state index in [1.54, 1.807) is 4.90 Å². The van der Waals surface area contributed by atoms with Crippen molar-refractivity contribution in [3.05, 3.63) is 30.3 Å². The summed E-state index contributed by atoms with van der Waals surface area (Å²) in [7, 11) is 1.37.